The first-order valence-electron chi connectivity index (χ1n) is 5.63. The lowest BCUT2D eigenvalue weighted by Crippen LogP contribution is -2.10. The maximum absolute atomic E-state index is 12.0. The molecule has 2 aromatic rings. The van der Waals surface area contributed by atoms with E-state index in [-0.39, 0.29) is 5.78 Å². The van der Waals surface area contributed by atoms with Crippen LogP contribution < -0.4 is 9.83 Å². The molecule has 0 spiro atoms. The quantitative estimate of drug-likeness (QED) is 0.583. The van der Waals surface area contributed by atoms with Crippen LogP contribution in [-0.2, 0) is 4.57 Å². The summed E-state index contributed by atoms with van der Waals surface area (Å²) in [5, 5.41) is 0.718. The average molecular weight is 258 g/mol. The zero-order chi connectivity index (χ0) is 12.7. The first kappa shape index (κ1) is 11.2. The summed E-state index contributed by atoms with van der Waals surface area (Å²) in [6.07, 6.45) is 0. The largest absolute Gasteiger partial charge is 0.441 e. The fraction of sp³-hybridized carbons (Fsp3) is 0.0714. The highest BCUT2D eigenvalue weighted by Crippen LogP contribution is 2.42. The summed E-state index contributed by atoms with van der Waals surface area (Å²) in [5.41, 5.74) is 2.36. The molecule has 0 saturated carbocycles. The predicted molar refractivity (Wildman–Crippen MR) is 71.1 cm³/mol. The Morgan fingerprint density at radius 3 is 2.67 bits per heavy atom. The van der Waals surface area contributed by atoms with Crippen LogP contribution in [-0.4, -0.2) is 5.78 Å². The summed E-state index contributed by atoms with van der Waals surface area (Å²) in [4.78, 5) is 11.4. The molecule has 1 aliphatic rings. The minimum Gasteiger partial charge on any atom is -0.441 e. The Bertz CT molecular complexity index is 676. The van der Waals surface area contributed by atoms with E-state index in [9.17, 15) is 9.36 Å². The van der Waals surface area contributed by atoms with Gasteiger partial charge in [-0.2, -0.15) is 0 Å². The van der Waals surface area contributed by atoms with E-state index in [1.54, 1.807) is 24.3 Å². The van der Waals surface area contributed by atoms with Crippen LogP contribution in [0, 0.1) is 0 Å². The molecular formula is C14H11O3P. The van der Waals surface area contributed by atoms with Gasteiger partial charge in [0.1, 0.15) is 5.75 Å². The van der Waals surface area contributed by atoms with Crippen LogP contribution in [0.3, 0.4) is 0 Å². The molecular weight excluding hydrogens is 247 g/mol. The fourth-order valence-electron chi connectivity index (χ4n) is 2.10. The van der Waals surface area contributed by atoms with Gasteiger partial charge in [-0.3, -0.25) is 9.36 Å². The second kappa shape index (κ2) is 4.11. The summed E-state index contributed by atoms with van der Waals surface area (Å²) in [5.74, 6) is 0.594. The second-order valence-corrected chi connectivity index (χ2v) is 5.52. The summed E-state index contributed by atoms with van der Waals surface area (Å²) in [6, 6.07) is 12.6. The summed E-state index contributed by atoms with van der Waals surface area (Å²) in [7, 11) is -2.23. The summed E-state index contributed by atoms with van der Waals surface area (Å²) < 4.78 is 17.4. The molecule has 1 atom stereocenters. The molecule has 0 radical (unpaired) electrons. The SMILES string of the molecule is CC(=O)c1ccc2c(c1)-c1ccccc1[PH](=O)O2. The van der Waals surface area contributed by atoms with E-state index in [2.05, 4.69) is 0 Å². The van der Waals surface area contributed by atoms with Crippen LogP contribution >= 0.6 is 8.03 Å². The molecule has 1 heterocycles. The van der Waals surface area contributed by atoms with Crippen LogP contribution in [0.2, 0.25) is 0 Å². The molecule has 4 heteroatoms. The lowest BCUT2D eigenvalue weighted by atomic mass is 10.0. The average Bonchev–Trinajstić information content (AvgIpc) is 2.38. The molecule has 3 rings (SSSR count). The van der Waals surface area contributed by atoms with E-state index < -0.39 is 8.03 Å². The Balaban J connectivity index is 2.27. The van der Waals surface area contributed by atoms with Crippen LogP contribution in [0.15, 0.2) is 42.5 Å². The van der Waals surface area contributed by atoms with Crippen LogP contribution in [0.5, 0.6) is 5.75 Å². The Hall–Kier alpha value is -1.86. The molecule has 2 aromatic carbocycles. The molecule has 1 unspecified atom stereocenters. The van der Waals surface area contributed by atoms with Gasteiger partial charge < -0.3 is 4.52 Å². The number of Topliss-reactive ketones (excluding diaryl/α,β-unsaturated/α-hetero) is 1. The molecule has 0 fully saturated rings. The predicted octanol–water partition coefficient (Wildman–Crippen LogP) is 3.05. The van der Waals surface area contributed by atoms with Crippen LogP contribution in [0.4, 0.5) is 0 Å². The standard InChI is InChI=1S/C14H11O3P/c1-9(15)10-6-7-13-12(8-10)11-4-2-3-5-14(11)18(16)17-13/h2-8,18H,1H3. The van der Waals surface area contributed by atoms with Crippen molar-refractivity contribution < 1.29 is 13.9 Å². The fourth-order valence-corrected chi connectivity index (χ4v) is 3.26. The smallest absolute Gasteiger partial charge is 0.266 e. The molecule has 0 aromatic heterocycles. The van der Waals surface area contributed by atoms with Gasteiger partial charge >= 0.3 is 0 Å². The lowest BCUT2D eigenvalue weighted by Gasteiger charge is -2.20. The van der Waals surface area contributed by atoms with Gasteiger partial charge in [0.2, 0.25) is 0 Å². The topological polar surface area (TPSA) is 43.4 Å². The third kappa shape index (κ3) is 1.68. The highest BCUT2D eigenvalue weighted by Gasteiger charge is 2.22. The van der Waals surface area contributed by atoms with Crippen LogP contribution in [0.25, 0.3) is 11.1 Å². The van der Waals surface area contributed by atoms with E-state index in [1.165, 1.54) is 6.92 Å². The van der Waals surface area contributed by atoms with Gasteiger partial charge in [0.15, 0.2) is 5.78 Å². The molecule has 0 saturated heterocycles. The van der Waals surface area contributed by atoms with Crippen molar-refractivity contribution in [3.05, 3.63) is 48.0 Å². The maximum atomic E-state index is 12.0. The van der Waals surface area contributed by atoms with Crippen molar-refractivity contribution in [2.24, 2.45) is 0 Å². The summed E-state index contributed by atoms with van der Waals surface area (Å²) >= 11 is 0. The number of carbonyl (C=O) groups excluding carboxylic acids is 1. The third-order valence-corrected chi connectivity index (χ3v) is 4.31. The van der Waals surface area contributed by atoms with Crippen molar-refractivity contribution in [1.82, 2.24) is 0 Å². The normalized spacial score (nSPS) is 16.4. The van der Waals surface area contributed by atoms with Gasteiger partial charge in [0, 0.05) is 11.1 Å². The number of rotatable bonds is 1. The number of ketones is 1. The maximum Gasteiger partial charge on any atom is 0.266 e. The number of benzene rings is 2. The van der Waals surface area contributed by atoms with Crippen molar-refractivity contribution in [2.75, 3.05) is 0 Å². The molecule has 3 nitrogen and oxygen atoms in total. The highest BCUT2D eigenvalue weighted by molar-refractivity contribution is 7.49. The molecule has 0 bridgehead atoms. The molecule has 0 amide bonds. The van der Waals surface area contributed by atoms with Crippen molar-refractivity contribution in [3.8, 4) is 16.9 Å². The van der Waals surface area contributed by atoms with Gasteiger partial charge in [0.25, 0.3) is 8.03 Å². The number of hydrogen-bond donors (Lipinski definition) is 0. The number of hydrogen-bond acceptors (Lipinski definition) is 3. The van der Waals surface area contributed by atoms with E-state index in [1.807, 2.05) is 18.2 Å². The van der Waals surface area contributed by atoms with E-state index >= 15 is 0 Å². The van der Waals surface area contributed by atoms with E-state index in [0.717, 1.165) is 16.4 Å². The Labute approximate surface area is 105 Å². The van der Waals surface area contributed by atoms with Gasteiger partial charge in [-0.1, -0.05) is 18.2 Å². The minimum atomic E-state index is -2.23. The van der Waals surface area contributed by atoms with Gasteiger partial charge in [-0.15, -0.1) is 0 Å². The Morgan fingerprint density at radius 2 is 1.89 bits per heavy atom. The number of fused-ring (bicyclic) bond motifs is 3. The molecule has 18 heavy (non-hydrogen) atoms. The second-order valence-electron chi connectivity index (χ2n) is 4.20. The van der Waals surface area contributed by atoms with Crippen LogP contribution in [0.1, 0.15) is 17.3 Å². The van der Waals surface area contributed by atoms with Crippen molar-refractivity contribution in [3.63, 3.8) is 0 Å². The molecule has 1 aliphatic heterocycles. The molecule has 0 aliphatic carbocycles. The summed E-state index contributed by atoms with van der Waals surface area (Å²) in [6.45, 7) is 1.53. The zero-order valence-electron chi connectivity index (χ0n) is 9.77. The van der Waals surface area contributed by atoms with Gasteiger partial charge in [-0.25, -0.2) is 0 Å². The van der Waals surface area contributed by atoms with Gasteiger partial charge in [-0.05, 0) is 36.8 Å². The number of carbonyl (C=O) groups is 1. The molecule has 0 N–H and O–H groups in total. The van der Waals surface area contributed by atoms with E-state index in [4.69, 9.17) is 4.52 Å². The Morgan fingerprint density at radius 1 is 1.11 bits per heavy atom. The lowest BCUT2D eigenvalue weighted by molar-refractivity contribution is 0.101. The van der Waals surface area contributed by atoms with Crippen molar-refractivity contribution in [1.29, 1.82) is 0 Å². The van der Waals surface area contributed by atoms with E-state index in [0.29, 0.717) is 11.3 Å². The third-order valence-electron chi connectivity index (χ3n) is 3.03. The van der Waals surface area contributed by atoms with Crippen molar-refractivity contribution in [2.45, 2.75) is 6.92 Å². The first-order chi connectivity index (χ1) is 8.66. The molecule has 90 valence electrons. The zero-order valence-corrected chi connectivity index (χ0v) is 10.8. The highest BCUT2D eigenvalue weighted by atomic mass is 31.1. The first-order valence-corrected chi connectivity index (χ1v) is 6.95. The van der Waals surface area contributed by atoms with Crippen molar-refractivity contribution >= 4 is 19.1 Å². The van der Waals surface area contributed by atoms with Gasteiger partial charge in [0.05, 0.1) is 5.30 Å². The Kier molecular flexibility index (Phi) is 2.57. The monoisotopic (exact) mass is 258 g/mol. The minimum absolute atomic E-state index is 0.00788.